The number of ether oxygens (including phenoxy) is 2. The highest BCUT2D eigenvalue weighted by Crippen LogP contribution is 2.22. The quantitative estimate of drug-likeness (QED) is 0.442. The van der Waals surface area contributed by atoms with E-state index in [4.69, 9.17) is 9.47 Å². The molecular weight excluding hydrogens is 330 g/mol. The maximum Gasteiger partial charge on any atom is 0.331 e. The van der Waals surface area contributed by atoms with Gasteiger partial charge in [0.05, 0.1) is 13.2 Å². The summed E-state index contributed by atoms with van der Waals surface area (Å²) in [7, 11) is 0. The first kappa shape index (κ1) is 18.0. The molecule has 0 aliphatic carbocycles. The number of hydrogen-bond donors (Lipinski definition) is 1. The van der Waals surface area contributed by atoms with E-state index >= 15 is 0 Å². The fourth-order valence-corrected chi connectivity index (χ4v) is 2.73. The molecule has 1 N–H and O–H groups in total. The third kappa shape index (κ3) is 5.09. The smallest absolute Gasteiger partial charge is 0.331 e. The second-order valence-corrected chi connectivity index (χ2v) is 5.80. The normalized spacial score (nSPS) is 10.6. The van der Waals surface area contributed by atoms with Crippen LogP contribution < -0.4 is 0 Å². The first-order chi connectivity index (χ1) is 11.6. The van der Waals surface area contributed by atoms with Crippen molar-refractivity contribution >= 4 is 23.7 Å². The molecule has 0 spiro atoms. The van der Waals surface area contributed by atoms with Crippen molar-refractivity contribution in [3.63, 3.8) is 0 Å². The summed E-state index contributed by atoms with van der Waals surface area (Å²) in [5, 5.41) is 6.03. The van der Waals surface area contributed by atoms with Gasteiger partial charge in [-0.05, 0) is 19.4 Å². The van der Waals surface area contributed by atoms with Gasteiger partial charge in [-0.25, -0.2) is 4.98 Å². The van der Waals surface area contributed by atoms with Crippen molar-refractivity contribution in [2.24, 2.45) is 0 Å². The number of aromatic nitrogens is 3. The number of benzene rings is 1. The first-order valence-electron chi connectivity index (χ1n) is 7.59. The van der Waals surface area contributed by atoms with Crippen LogP contribution in [-0.4, -0.2) is 45.6 Å². The molecule has 0 radical (unpaired) electrons. The van der Waals surface area contributed by atoms with Crippen LogP contribution in [0.25, 0.3) is 0 Å². The minimum atomic E-state index is -1.13. The van der Waals surface area contributed by atoms with Crippen molar-refractivity contribution < 1.29 is 19.1 Å². The number of nitrogens with one attached hydrogen (secondary N) is 1. The Morgan fingerprint density at radius 3 is 2.33 bits per heavy atom. The van der Waals surface area contributed by atoms with Gasteiger partial charge in [-0.1, -0.05) is 42.1 Å². The molecule has 0 bridgehead atoms. The van der Waals surface area contributed by atoms with Crippen molar-refractivity contribution in [1.82, 2.24) is 15.2 Å². The van der Waals surface area contributed by atoms with Gasteiger partial charge < -0.3 is 9.47 Å². The average Bonchev–Trinajstić information content (AvgIpc) is 3.01. The van der Waals surface area contributed by atoms with Gasteiger partial charge in [0.15, 0.2) is 0 Å². The Bertz CT molecular complexity index is 657. The third-order valence-electron chi connectivity index (χ3n) is 2.95. The second-order valence-electron chi connectivity index (χ2n) is 4.73. The number of H-pyrrole nitrogens is 1. The lowest BCUT2D eigenvalue weighted by Crippen LogP contribution is -2.31. The summed E-state index contributed by atoms with van der Waals surface area (Å²) >= 11 is 0.914. The fraction of sp³-hybridized carbons (Fsp3) is 0.375. The summed E-state index contributed by atoms with van der Waals surface area (Å²) in [5.74, 6) is -0.666. The van der Waals surface area contributed by atoms with Gasteiger partial charge >= 0.3 is 11.9 Å². The van der Waals surface area contributed by atoms with Crippen LogP contribution in [0.15, 0.2) is 35.5 Å². The Hall–Kier alpha value is -2.35. The van der Waals surface area contributed by atoms with E-state index in [0.29, 0.717) is 17.4 Å². The molecule has 2 aromatic rings. The predicted octanol–water partition coefficient (Wildman–Crippen LogP) is 1.98. The molecular formula is C16H19N3O4S. The molecule has 8 heteroatoms. The predicted molar refractivity (Wildman–Crippen MR) is 88.5 cm³/mol. The number of thioether (sulfide) groups is 1. The van der Waals surface area contributed by atoms with Crippen LogP contribution in [0.4, 0.5) is 0 Å². The van der Waals surface area contributed by atoms with Gasteiger partial charge in [0.2, 0.25) is 10.4 Å². The van der Waals surface area contributed by atoms with Gasteiger partial charge in [0.1, 0.15) is 5.82 Å². The summed E-state index contributed by atoms with van der Waals surface area (Å²) in [6, 6.07) is 9.79. The highest BCUT2D eigenvalue weighted by Gasteiger charge is 2.32. The number of rotatable bonds is 8. The largest absolute Gasteiger partial charge is 0.465 e. The molecule has 1 aromatic heterocycles. The maximum absolute atomic E-state index is 12.0. The van der Waals surface area contributed by atoms with Crippen LogP contribution in [-0.2, 0) is 25.5 Å². The van der Waals surface area contributed by atoms with Crippen LogP contribution in [0.1, 0.15) is 25.2 Å². The molecule has 0 aliphatic rings. The van der Waals surface area contributed by atoms with E-state index in [-0.39, 0.29) is 13.2 Å². The number of aromatic amines is 1. The number of hydrogen-bond acceptors (Lipinski definition) is 7. The van der Waals surface area contributed by atoms with Crippen LogP contribution in [0.5, 0.6) is 0 Å². The molecule has 0 unspecified atom stereocenters. The SMILES string of the molecule is CCOC(=O)C(Sc1n[nH]c(Cc2ccccc2)n1)C(=O)OCC. The summed E-state index contributed by atoms with van der Waals surface area (Å²) in [6.07, 6.45) is 0.581. The number of carbonyl (C=O) groups is 2. The fourth-order valence-electron chi connectivity index (χ4n) is 1.93. The lowest BCUT2D eigenvalue weighted by molar-refractivity contribution is -0.152. The Morgan fingerprint density at radius 2 is 1.75 bits per heavy atom. The van der Waals surface area contributed by atoms with E-state index in [1.54, 1.807) is 13.8 Å². The number of carbonyl (C=O) groups excluding carboxylic acids is 2. The molecule has 24 heavy (non-hydrogen) atoms. The molecule has 0 aliphatic heterocycles. The van der Waals surface area contributed by atoms with Gasteiger partial charge in [0.25, 0.3) is 0 Å². The molecule has 7 nitrogen and oxygen atoms in total. The van der Waals surface area contributed by atoms with Gasteiger partial charge in [-0.3, -0.25) is 14.7 Å². The molecule has 2 rings (SSSR count). The zero-order valence-corrected chi connectivity index (χ0v) is 14.3. The molecule has 1 heterocycles. The Morgan fingerprint density at radius 1 is 1.12 bits per heavy atom. The summed E-state index contributed by atoms with van der Waals surface area (Å²) < 4.78 is 9.84. The number of nitrogens with zero attached hydrogens (tertiary/aromatic N) is 2. The monoisotopic (exact) mass is 349 g/mol. The van der Waals surface area contributed by atoms with E-state index in [2.05, 4.69) is 15.2 Å². The summed E-state index contributed by atoms with van der Waals surface area (Å²) in [6.45, 7) is 3.72. The highest BCUT2D eigenvalue weighted by molar-refractivity contribution is 8.01. The minimum absolute atomic E-state index is 0.183. The molecule has 0 saturated heterocycles. The van der Waals surface area contributed by atoms with E-state index < -0.39 is 17.2 Å². The third-order valence-corrected chi connectivity index (χ3v) is 3.96. The molecule has 0 amide bonds. The molecule has 1 aromatic carbocycles. The minimum Gasteiger partial charge on any atom is -0.465 e. The van der Waals surface area contributed by atoms with Crippen LogP contribution >= 0.6 is 11.8 Å². The summed E-state index contributed by atoms with van der Waals surface area (Å²) in [4.78, 5) is 28.2. The van der Waals surface area contributed by atoms with Gasteiger partial charge in [-0.15, -0.1) is 5.10 Å². The van der Waals surface area contributed by atoms with Crippen molar-refractivity contribution in [2.75, 3.05) is 13.2 Å². The maximum atomic E-state index is 12.0. The Balaban J connectivity index is 2.06. The molecule has 0 atom stereocenters. The molecule has 128 valence electrons. The average molecular weight is 349 g/mol. The highest BCUT2D eigenvalue weighted by atomic mass is 32.2. The second kappa shape index (κ2) is 9.07. The van der Waals surface area contributed by atoms with E-state index in [1.807, 2.05) is 30.3 Å². The lowest BCUT2D eigenvalue weighted by atomic mass is 10.1. The van der Waals surface area contributed by atoms with Gasteiger partial charge in [-0.2, -0.15) is 0 Å². The van der Waals surface area contributed by atoms with Crippen LogP contribution in [0.3, 0.4) is 0 Å². The lowest BCUT2D eigenvalue weighted by Gasteiger charge is -2.11. The van der Waals surface area contributed by atoms with E-state index in [1.165, 1.54) is 0 Å². The van der Waals surface area contributed by atoms with Crippen molar-refractivity contribution in [1.29, 1.82) is 0 Å². The first-order valence-corrected chi connectivity index (χ1v) is 8.47. The summed E-state index contributed by atoms with van der Waals surface area (Å²) in [5.41, 5.74) is 1.08. The van der Waals surface area contributed by atoms with Crippen molar-refractivity contribution in [3.8, 4) is 0 Å². The van der Waals surface area contributed by atoms with Gasteiger partial charge in [0, 0.05) is 6.42 Å². The van der Waals surface area contributed by atoms with Crippen LogP contribution in [0.2, 0.25) is 0 Å². The Kier molecular flexibility index (Phi) is 6.80. The van der Waals surface area contributed by atoms with Crippen molar-refractivity contribution in [2.45, 2.75) is 30.7 Å². The zero-order valence-electron chi connectivity index (χ0n) is 13.5. The van der Waals surface area contributed by atoms with Crippen LogP contribution in [0, 0.1) is 0 Å². The van der Waals surface area contributed by atoms with E-state index in [0.717, 1.165) is 17.3 Å². The molecule has 0 saturated carbocycles. The Labute approximate surface area is 144 Å². The zero-order chi connectivity index (χ0) is 17.4. The standard InChI is InChI=1S/C16H19N3O4S/c1-3-22-14(20)13(15(21)23-4-2)24-16-17-12(18-19-16)10-11-8-6-5-7-9-11/h5-9,13H,3-4,10H2,1-2H3,(H,17,18,19). The van der Waals surface area contributed by atoms with E-state index in [9.17, 15) is 9.59 Å². The topological polar surface area (TPSA) is 94.2 Å². The molecule has 0 fully saturated rings. The number of esters is 2. The van der Waals surface area contributed by atoms with Crippen molar-refractivity contribution in [3.05, 3.63) is 41.7 Å².